The lowest BCUT2D eigenvalue weighted by molar-refractivity contribution is -0.131. The highest BCUT2D eigenvalue weighted by Gasteiger charge is 2.31. The maximum atomic E-state index is 16.6. The Hall–Kier alpha value is -5.85. The summed E-state index contributed by atoms with van der Waals surface area (Å²) < 4.78 is 23.9. The molecule has 0 bridgehead atoms. The first-order valence-electron chi connectivity index (χ1n) is 15.7. The van der Waals surface area contributed by atoms with Gasteiger partial charge in [-0.05, 0) is 47.9 Å². The van der Waals surface area contributed by atoms with E-state index in [1.165, 1.54) is 4.90 Å². The van der Waals surface area contributed by atoms with Crippen LogP contribution in [0.1, 0.15) is 28.9 Å². The van der Waals surface area contributed by atoms with Crippen LogP contribution in [0.25, 0.3) is 27.6 Å². The Labute approximate surface area is 275 Å². The van der Waals surface area contributed by atoms with Crippen LogP contribution < -0.4 is 9.64 Å². The predicted octanol–water partition coefficient (Wildman–Crippen LogP) is 4.16. The number of ether oxygens (including phenoxy) is 1. The van der Waals surface area contributed by atoms with Crippen LogP contribution in [0.2, 0.25) is 0 Å². The van der Waals surface area contributed by atoms with Gasteiger partial charge in [0, 0.05) is 61.5 Å². The van der Waals surface area contributed by atoms with E-state index in [-0.39, 0.29) is 55.6 Å². The standard InChI is InChI=1S/C35H33FN8O4/c1-48-29-9-3-2-8-24(29)26-19-25(23-7-6-14-41(21-23)31(45)11-15-43-16-13-38-40-43)33(36)34-27(26)20-28(39-34)35(47)42-17-18-44(32(46)22-42)30-10-4-5-12-37-30/h2-5,7-10,12-13,16,19-20,39H,6,11,14-15,17-18,21-22H2,1H3. The maximum Gasteiger partial charge on any atom is 0.270 e. The second-order valence-electron chi connectivity index (χ2n) is 11.7. The van der Waals surface area contributed by atoms with Crippen molar-refractivity contribution in [2.75, 3.05) is 44.7 Å². The minimum absolute atomic E-state index is 0.0621. The van der Waals surface area contributed by atoms with Crippen LogP contribution in [0.3, 0.4) is 0 Å². The summed E-state index contributed by atoms with van der Waals surface area (Å²) in [6.07, 6.45) is 7.65. The molecule has 0 aliphatic carbocycles. The van der Waals surface area contributed by atoms with E-state index in [1.54, 1.807) is 70.5 Å². The van der Waals surface area contributed by atoms with Crippen LogP contribution >= 0.6 is 0 Å². The first kappa shape index (κ1) is 30.8. The van der Waals surface area contributed by atoms with E-state index in [2.05, 4.69) is 20.3 Å². The zero-order valence-corrected chi connectivity index (χ0v) is 26.3. The number of aromatic amines is 1. The first-order valence-corrected chi connectivity index (χ1v) is 15.7. The smallest absolute Gasteiger partial charge is 0.270 e. The highest BCUT2D eigenvalue weighted by Crippen LogP contribution is 2.40. The molecule has 3 aromatic heterocycles. The molecule has 5 aromatic rings. The molecule has 2 aromatic carbocycles. The molecule has 0 spiro atoms. The number of rotatable bonds is 8. The highest BCUT2D eigenvalue weighted by atomic mass is 19.1. The topological polar surface area (TPSA) is 130 Å². The summed E-state index contributed by atoms with van der Waals surface area (Å²) in [7, 11) is 1.57. The number of para-hydroxylation sites is 1. The summed E-state index contributed by atoms with van der Waals surface area (Å²) in [5, 5.41) is 8.21. The molecule has 7 rings (SSSR count). The molecule has 0 radical (unpaired) electrons. The number of fused-ring (bicyclic) bond motifs is 1. The number of carbonyl (C=O) groups excluding carboxylic acids is 3. The number of benzene rings is 2. The van der Waals surface area contributed by atoms with Gasteiger partial charge in [0.05, 0.1) is 25.4 Å². The van der Waals surface area contributed by atoms with Crippen molar-refractivity contribution in [2.24, 2.45) is 0 Å². The van der Waals surface area contributed by atoms with Crippen molar-refractivity contribution in [3.63, 3.8) is 0 Å². The number of piperazine rings is 1. The van der Waals surface area contributed by atoms with Gasteiger partial charge in [-0.25, -0.2) is 9.37 Å². The number of hydrogen-bond acceptors (Lipinski definition) is 7. The molecule has 244 valence electrons. The summed E-state index contributed by atoms with van der Waals surface area (Å²) in [6.45, 7) is 1.60. The number of nitrogens with zero attached hydrogens (tertiary/aromatic N) is 7. The van der Waals surface area contributed by atoms with Crippen molar-refractivity contribution in [2.45, 2.75) is 19.4 Å². The van der Waals surface area contributed by atoms with Crippen LogP contribution in [0.4, 0.5) is 10.2 Å². The second kappa shape index (κ2) is 13.1. The maximum absolute atomic E-state index is 16.6. The predicted molar refractivity (Wildman–Crippen MR) is 177 cm³/mol. The average Bonchev–Trinajstić information content (AvgIpc) is 3.82. The number of H-pyrrole nitrogens is 1. The minimum Gasteiger partial charge on any atom is -0.496 e. The van der Waals surface area contributed by atoms with Gasteiger partial charge in [0.25, 0.3) is 5.91 Å². The van der Waals surface area contributed by atoms with Crippen molar-refractivity contribution >= 4 is 40.0 Å². The molecule has 0 atom stereocenters. The molecule has 48 heavy (non-hydrogen) atoms. The van der Waals surface area contributed by atoms with E-state index < -0.39 is 11.7 Å². The highest BCUT2D eigenvalue weighted by molar-refractivity contribution is 6.07. The van der Waals surface area contributed by atoms with Crippen molar-refractivity contribution in [3.8, 4) is 16.9 Å². The zero-order chi connectivity index (χ0) is 33.2. The lowest BCUT2D eigenvalue weighted by atomic mass is 9.93. The third-order valence-corrected chi connectivity index (χ3v) is 8.79. The largest absolute Gasteiger partial charge is 0.496 e. The summed E-state index contributed by atoms with van der Waals surface area (Å²) in [5.41, 5.74) is 2.72. The number of carbonyl (C=O) groups is 3. The number of aryl methyl sites for hydroxylation is 1. The van der Waals surface area contributed by atoms with Crippen LogP contribution in [-0.2, 0) is 16.1 Å². The normalized spacial score (nSPS) is 15.2. The van der Waals surface area contributed by atoms with Gasteiger partial charge in [-0.15, -0.1) is 5.10 Å². The Morgan fingerprint density at radius 3 is 2.58 bits per heavy atom. The van der Waals surface area contributed by atoms with Gasteiger partial charge in [0.2, 0.25) is 11.8 Å². The number of methoxy groups -OCH3 is 1. The van der Waals surface area contributed by atoms with Crippen LogP contribution in [-0.4, -0.2) is 92.3 Å². The SMILES string of the molecule is COc1ccccc1-c1cc(C2=CCCN(C(=O)CCn3ccnn3)C2)c(F)c2[nH]c(C(=O)N3CCN(c4ccccn4)C(=O)C3)cc12. The van der Waals surface area contributed by atoms with Gasteiger partial charge in [-0.3, -0.25) is 24.0 Å². The lowest BCUT2D eigenvalue weighted by Crippen LogP contribution is -2.52. The van der Waals surface area contributed by atoms with Crippen LogP contribution in [0, 0.1) is 5.82 Å². The number of amides is 3. The van der Waals surface area contributed by atoms with E-state index in [4.69, 9.17) is 4.74 Å². The van der Waals surface area contributed by atoms with Crippen molar-refractivity contribution in [1.29, 1.82) is 0 Å². The molecule has 0 saturated carbocycles. The summed E-state index contributed by atoms with van der Waals surface area (Å²) >= 11 is 0. The molecular formula is C35H33FN8O4. The Morgan fingerprint density at radius 1 is 0.958 bits per heavy atom. The molecule has 1 saturated heterocycles. The van der Waals surface area contributed by atoms with E-state index in [0.717, 1.165) is 5.56 Å². The van der Waals surface area contributed by atoms with Crippen molar-refractivity contribution < 1.29 is 23.5 Å². The Balaban J connectivity index is 1.21. The number of aromatic nitrogens is 5. The molecule has 2 aliphatic heterocycles. The van der Waals surface area contributed by atoms with E-state index in [0.29, 0.717) is 53.2 Å². The number of nitrogens with one attached hydrogen (secondary N) is 1. The number of anilines is 1. The van der Waals surface area contributed by atoms with Crippen LogP contribution in [0.5, 0.6) is 5.75 Å². The molecule has 3 amide bonds. The van der Waals surface area contributed by atoms with Gasteiger partial charge in [0.1, 0.15) is 23.8 Å². The monoisotopic (exact) mass is 648 g/mol. The number of halogens is 1. The van der Waals surface area contributed by atoms with Gasteiger partial charge < -0.3 is 19.5 Å². The lowest BCUT2D eigenvalue weighted by Gasteiger charge is -2.33. The van der Waals surface area contributed by atoms with E-state index in [1.807, 2.05) is 30.3 Å². The van der Waals surface area contributed by atoms with Crippen molar-refractivity contribution in [1.82, 2.24) is 34.8 Å². The van der Waals surface area contributed by atoms with Gasteiger partial charge in [-0.2, -0.15) is 0 Å². The fourth-order valence-electron chi connectivity index (χ4n) is 6.34. The Bertz CT molecular complexity index is 2030. The van der Waals surface area contributed by atoms with Gasteiger partial charge in [0.15, 0.2) is 5.82 Å². The third kappa shape index (κ3) is 5.90. The molecule has 2 aliphatic rings. The molecule has 5 heterocycles. The zero-order valence-electron chi connectivity index (χ0n) is 26.3. The Kier molecular flexibility index (Phi) is 8.40. The molecule has 1 fully saturated rings. The first-order chi connectivity index (χ1) is 23.4. The summed E-state index contributed by atoms with van der Waals surface area (Å²) in [5.74, 6) is -0.131. The summed E-state index contributed by atoms with van der Waals surface area (Å²) in [4.78, 5) is 52.0. The van der Waals surface area contributed by atoms with Gasteiger partial charge in [-0.1, -0.05) is 35.6 Å². The molecule has 0 unspecified atom stereocenters. The molecule has 13 heteroatoms. The quantitative estimate of drug-likeness (QED) is 0.268. The minimum atomic E-state index is -0.526. The molecule has 12 nitrogen and oxygen atoms in total. The Morgan fingerprint density at radius 2 is 1.81 bits per heavy atom. The third-order valence-electron chi connectivity index (χ3n) is 8.79. The fraction of sp³-hybridized carbons (Fsp3) is 0.257. The fourth-order valence-corrected chi connectivity index (χ4v) is 6.34. The second-order valence-corrected chi connectivity index (χ2v) is 11.7. The molecular weight excluding hydrogens is 615 g/mol. The number of pyridine rings is 1. The van der Waals surface area contributed by atoms with E-state index >= 15 is 4.39 Å². The van der Waals surface area contributed by atoms with Crippen LogP contribution in [0.15, 0.2) is 79.3 Å². The molecule has 1 N–H and O–H groups in total. The van der Waals surface area contributed by atoms with Gasteiger partial charge >= 0.3 is 0 Å². The van der Waals surface area contributed by atoms with Crippen molar-refractivity contribution in [3.05, 3.63) is 96.3 Å². The average molecular weight is 649 g/mol. The summed E-state index contributed by atoms with van der Waals surface area (Å²) in [6, 6.07) is 16.2. The van der Waals surface area contributed by atoms with E-state index in [9.17, 15) is 14.4 Å². The number of hydrogen-bond donors (Lipinski definition) is 1.